The second kappa shape index (κ2) is 24.3. The van der Waals surface area contributed by atoms with Crippen LogP contribution in [0.2, 0.25) is 0 Å². The maximum absolute atomic E-state index is 9.73. The molecule has 1 aromatic carbocycles. The van der Waals surface area contributed by atoms with E-state index in [1.54, 1.807) is 30.3 Å². The monoisotopic (exact) mass is 819 g/mol. The minimum Gasteiger partial charge on any atom is -0.487 e. The van der Waals surface area contributed by atoms with Crippen molar-refractivity contribution in [1.82, 2.24) is 44.9 Å². The molecule has 59 heavy (non-hydrogen) atoms. The quantitative estimate of drug-likeness (QED) is 0.0899. The van der Waals surface area contributed by atoms with Gasteiger partial charge in [0, 0.05) is 57.2 Å². The van der Waals surface area contributed by atoms with E-state index in [1.807, 2.05) is 29.9 Å². The molecular weight excluding hydrogens is 763 g/mol. The Hall–Kier alpha value is -4.81. The zero-order valence-electron chi connectivity index (χ0n) is 34.2. The number of aromatic nitrogens is 8. The number of benzene rings is 1. The van der Waals surface area contributed by atoms with Crippen LogP contribution in [-0.2, 0) is 35.0 Å². The first kappa shape index (κ1) is 43.8. The second-order valence-corrected chi connectivity index (χ2v) is 14.3. The van der Waals surface area contributed by atoms with Gasteiger partial charge in [0.2, 0.25) is 5.95 Å². The van der Waals surface area contributed by atoms with Crippen LogP contribution in [0.5, 0.6) is 11.6 Å². The summed E-state index contributed by atoms with van der Waals surface area (Å²) in [6.45, 7) is 11.1. The number of hydrogen-bond donors (Lipinski definition) is 1. The molecule has 3 aromatic heterocycles. The lowest BCUT2D eigenvalue weighted by Crippen LogP contribution is -2.45. The summed E-state index contributed by atoms with van der Waals surface area (Å²) in [5.74, 6) is 1.35. The summed E-state index contributed by atoms with van der Waals surface area (Å²) in [5, 5.41) is 29.2. The molecule has 0 spiro atoms. The van der Waals surface area contributed by atoms with Crippen molar-refractivity contribution >= 4 is 11.6 Å². The fourth-order valence-electron chi connectivity index (χ4n) is 6.95. The first-order valence-corrected chi connectivity index (χ1v) is 20.4. The maximum Gasteiger partial charge on any atom is 0.256 e. The van der Waals surface area contributed by atoms with Gasteiger partial charge in [0.25, 0.3) is 5.88 Å². The molecule has 2 fully saturated rings. The van der Waals surface area contributed by atoms with E-state index < -0.39 is 0 Å². The molecule has 0 unspecified atom stereocenters. The molecule has 1 saturated heterocycles. The lowest BCUT2D eigenvalue weighted by molar-refractivity contribution is -0.00844. The molecule has 1 atom stereocenters. The predicted molar refractivity (Wildman–Crippen MR) is 215 cm³/mol. The minimum absolute atomic E-state index is 0.264. The van der Waals surface area contributed by atoms with E-state index in [2.05, 4.69) is 41.8 Å². The number of hydrogen-bond acceptors (Lipinski definition) is 17. The highest BCUT2D eigenvalue weighted by Gasteiger charge is 2.29. The van der Waals surface area contributed by atoms with Crippen molar-refractivity contribution < 1.29 is 37.9 Å². The zero-order valence-corrected chi connectivity index (χ0v) is 34.2. The van der Waals surface area contributed by atoms with Gasteiger partial charge in [0.05, 0.1) is 97.0 Å². The first-order chi connectivity index (χ1) is 29.1. The number of nitriles is 1. The van der Waals surface area contributed by atoms with E-state index in [0.717, 1.165) is 63.1 Å². The molecule has 19 nitrogen and oxygen atoms in total. The first-order valence-electron chi connectivity index (χ1n) is 20.4. The number of morpholine rings is 1. The fourth-order valence-corrected chi connectivity index (χ4v) is 6.95. The van der Waals surface area contributed by atoms with Gasteiger partial charge in [-0.15, -0.1) is 10.2 Å². The Morgan fingerprint density at radius 2 is 1.54 bits per heavy atom. The Morgan fingerprint density at radius 3 is 2.20 bits per heavy atom. The summed E-state index contributed by atoms with van der Waals surface area (Å²) in [7, 11) is 1.65. The highest BCUT2D eigenvalue weighted by molar-refractivity contribution is 5.67. The molecule has 320 valence electrons. The molecule has 19 heteroatoms. The third-order valence-electron chi connectivity index (χ3n) is 10.0. The van der Waals surface area contributed by atoms with Crippen molar-refractivity contribution in [2.75, 3.05) is 105 Å². The highest BCUT2D eigenvalue weighted by atomic mass is 16.6. The van der Waals surface area contributed by atoms with E-state index in [0.29, 0.717) is 114 Å². The van der Waals surface area contributed by atoms with E-state index in [1.165, 1.54) is 6.33 Å². The highest BCUT2D eigenvalue weighted by Crippen LogP contribution is 2.35. The summed E-state index contributed by atoms with van der Waals surface area (Å²) in [4.78, 5) is 11.8. The number of nitrogens with one attached hydrogen (secondary N) is 1. The van der Waals surface area contributed by atoms with Gasteiger partial charge in [-0.2, -0.15) is 5.26 Å². The molecule has 2 aliphatic rings. The maximum atomic E-state index is 9.73. The Kier molecular flexibility index (Phi) is 18.0. The third kappa shape index (κ3) is 14.2. The Labute approximate surface area is 345 Å². The van der Waals surface area contributed by atoms with Crippen LogP contribution in [0.4, 0.5) is 11.6 Å². The second-order valence-electron chi connectivity index (χ2n) is 14.3. The van der Waals surface area contributed by atoms with E-state index in [4.69, 9.17) is 43.0 Å². The smallest absolute Gasteiger partial charge is 0.256 e. The van der Waals surface area contributed by atoms with Crippen LogP contribution in [0.15, 0.2) is 43.1 Å². The Balaban J connectivity index is 1.00. The molecule has 4 aromatic rings. The van der Waals surface area contributed by atoms with E-state index in [9.17, 15) is 5.26 Å². The number of rotatable bonds is 26. The average Bonchev–Trinajstić information content (AvgIpc) is 3.94. The van der Waals surface area contributed by atoms with Crippen LogP contribution in [0.25, 0.3) is 11.1 Å². The molecule has 1 saturated carbocycles. The molecule has 4 heterocycles. The fraction of sp³-hybridized carbons (Fsp3) is 0.625. The molecule has 1 N–H and O–H groups in total. The van der Waals surface area contributed by atoms with Gasteiger partial charge < -0.3 is 43.2 Å². The molecule has 1 aliphatic carbocycles. The van der Waals surface area contributed by atoms with Crippen molar-refractivity contribution in [2.24, 2.45) is 0 Å². The van der Waals surface area contributed by atoms with Crippen molar-refractivity contribution in [3.63, 3.8) is 0 Å². The summed E-state index contributed by atoms with van der Waals surface area (Å²) in [5.41, 5.74) is 2.69. The summed E-state index contributed by atoms with van der Waals surface area (Å²) in [6.07, 6.45) is 11.7. The predicted octanol–water partition coefficient (Wildman–Crippen LogP) is 3.71. The largest absolute Gasteiger partial charge is 0.487 e. The standard InChI is InChI=1S/C40H57N11O8/c1-31(28-50-30-44-47-48-50)59-38-24-32(4-5-33(38)25-41)34-26-42-40(43-27-34)45-37-29-51(36-8-6-35(7-9-36)49-10-14-54-15-11-49)46-39(37)58-13-3-12-53-18-19-56-22-23-57-21-20-55-17-16-52-2/h4-5,24,26-27,29-31,35-36H,3,6-23,28H2,1-2H3,(H,42,43,45)/t31-,35?,36?/m0/s1. The SMILES string of the molecule is COCCOCCOCCOCCOCCCOc1nn(C2CCC(N3CCOCC3)CC2)cc1Nc1ncc(-c2ccc(C#N)c(O[C@@H](C)Cn3cnnn3)c2)cn1. The summed E-state index contributed by atoms with van der Waals surface area (Å²) in [6, 6.07) is 8.45. The topological polar surface area (TPSA) is 200 Å². The Bertz CT molecular complexity index is 1810. The van der Waals surface area contributed by atoms with Crippen LogP contribution in [-0.4, -0.2) is 156 Å². The molecule has 0 bridgehead atoms. The lowest BCUT2D eigenvalue weighted by atomic mass is 9.90. The number of ether oxygens (including phenoxy) is 8. The van der Waals surface area contributed by atoms with Crippen LogP contribution in [0, 0.1) is 11.3 Å². The van der Waals surface area contributed by atoms with E-state index >= 15 is 0 Å². The van der Waals surface area contributed by atoms with Gasteiger partial charge >= 0.3 is 0 Å². The molecule has 1 aliphatic heterocycles. The Morgan fingerprint density at radius 1 is 0.864 bits per heavy atom. The molecule has 0 amide bonds. The summed E-state index contributed by atoms with van der Waals surface area (Å²) >= 11 is 0. The van der Waals surface area contributed by atoms with Gasteiger partial charge in [-0.05, 0) is 60.7 Å². The molecular formula is C40H57N11O8. The number of nitrogens with zero attached hydrogens (tertiary/aromatic N) is 10. The van der Waals surface area contributed by atoms with Gasteiger partial charge in [-0.3, -0.25) is 9.58 Å². The molecule has 6 rings (SSSR count). The normalized spacial score (nSPS) is 17.7. The van der Waals surface area contributed by atoms with Gasteiger partial charge in [0.15, 0.2) is 0 Å². The van der Waals surface area contributed by atoms with Crippen molar-refractivity contribution in [2.45, 2.75) is 63.8 Å². The van der Waals surface area contributed by atoms with Crippen LogP contribution < -0.4 is 14.8 Å². The van der Waals surface area contributed by atoms with Crippen molar-refractivity contribution in [3.8, 4) is 28.8 Å². The molecule has 0 radical (unpaired) electrons. The average molecular weight is 820 g/mol. The van der Waals surface area contributed by atoms with Gasteiger partial charge in [-0.25, -0.2) is 14.6 Å². The van der Waals surface area contributed by atoms with Crippen LogP contribution in [0.3, 0.4) is 0 Å². The minimum atomic E-state index is -0.285. The summed E-state index contributed by atoms with van der Waals surface area (Å²) < 4.78 is 48.7. The lowest BCUT2D eigenvalue weighted by Gasteiger charge is -2.38. The number of methoxy groups -OCH3 is 1. The van der Waals surface area contributed by atoms with Crippen LogP contribution in [0.1, 0.15) is 50.6 Å². The van der Waals surface area contributed by atoms with Crippen molar-refractivity contribution in [3.05, 3.63) is 48.7 Å². The zero-order chi connectivity index (χ0) is 40.9. The van der Waals surface area contributed by atoms with Gasteiger partial charge in [-0.1, -0.05) is 6.07 Å². The van der Waals surface area contributed by atoms with Crippen molar-refractivity contribution in [1.29, 1.82) is 5.26 Å². The van der Waals surface area contributed by atoms with Gasteiger partial charge in [0.1, 0.15) is 29.9 Å². The number of tetrazole rings is 1. The van der Waals surface area contributed by atoms with Crippen LogP contribution >= 0.6 is 0 Å². The van der Waals surface area contributed by atoms with E-state index in [-0.39, 0.29) is 12.1 Å². The third-order valence-corrected chi connectivity index (χ3v) is 10.0. The number of anilines is 2.